The van der Waals surface area contributed by atoms with Crippen molar-refractivity contribution in [1.29, 1.82) is 0 Å². The molecule has 32 valence electrons. The van der Waals surface area contributed by atoms with E-state index in [1.165, 1.54) is 21.9 Å². The molecule has 1 aliphatic carbocycles. The van der Waals surface area contributed by atoms with Crippen LogP contribution in [0.1, 0.15) is 6.42 Å². The summed E-state index contributed by atoms with van der Waals surface area (Å²) >= 11 is 0. The van der Waals surface area contributed by atoms with Crippen molar-refractivity contribution in [2.24, 2.45) is 0 Å². The van der Waals surface area contributed by atoms with Gasteiger partial charge >= 0.3 is 0 Å². The fourth-order valence-corrected chi connectivity index (χ4v) is 1.05. The standard InChI is InChI=1S/C5H8Si/c6-5-3-1-2-4-5/h1,3-4H,2H2,6H3. The normalized spacial score (nSPS) is 19.0. The molecule has 0 unspecified atom stereocenters. The van der Waals surface area contributed by atoms with Gasteiger partial charge in [-0.15, -0.1) is 0 Å². The highest BCUT2D eigenvalue weighted by molar-refractivity contribution is 6.23. The Morgan fingerprint density at radius 1 is 1.67 bits per heavy atom. The molecule has 0 radical (unpaired) electrons. The maximum absolute atomic E-state index is 2.27. The highest BCUT2D eigenvalue weighted by Gasteiger charge is 1.84. The number of rotatable bonds is 0. The van der Waals surface area contributed by atoms with E-state index >= 15 is 0 Å². The number of hydrogen-bond donors (Lipinski definition) is 0. The molecule has 0 saturated heterocycles. The molecule has 0 atom stereocenters. The van der Waals surface area contributed by atoms with Gasteiger partial charge in [0.15, 0.2) is 0 Å². The third-order valence-electron chi connectivity index (χ3n) is 0.957. The van der Waals surface area contributed by atoms with Crippen molar-refractivity contribution in [2.75, 3.05) is 0 Å². The van der Waals surface area contributed by atoms with Crippen LogP contribution < -0.4 is 0 Å². The second-order valence-corrected chi connectivity index (χ2v) is 2.74. The summed E-state index contributed by atoms with van der Waals surface area (Å²) in [5.74, 6) is 0. The van der Waals surface area contributed by atoms with Crippen LogP contribution in [-0.4, -0.2) is 10.2 Å². The molecule has 0 aromatic rings. The van der Waals surface area contributed by atoms with Gasteiger partial charge in [-0.3, -0.25) is 0 Å². The molecule has 0 saturated carbocycles. The van der Waals surface area contributed by atoms with Crippen LogP contribution in [0.2, 0.25) is 0 Å². The van der Waals surface area contributed by atoms with Gasteiger partial charge in [0.1, 0.15) is 0 Å². The molecule has 0 bridgehead atoms. The first-order valence-electron chi connectivity index (χ1n) is 2.23. The van der Waals surface area contributed by atoms with Crippen LogP contribution in [0.15, 0.2) is 23.4 Å². The Morgan fingerprint density at radius 2 is 2.50 bits per heavy atom. The molecule has 0 nitrogen and oxygen atoms in total. The van der Waals surface area contributed by atoms with Crippen molar-refractivity contribution in [3.63, 3.8) is 0 Å². The monoisotopic (exact) mass is 96.0 g/mol. The summed E-state index contributed by atoms with van der Waals surface area (Å²) in [5, 5.41) is 1.54. The van der Waals surface area contributed by atoms with Gasteiger partial charge in [0.2, 0.25) is 0 Å². The van der Waals surface area contributed by atoms with Crippen molar-refractivity contribution >= 4 is 10.2 Å². The molecule has 0 heterocycles. The van der Waals surface area contributed by atoms with Gasteiger partial charge in [-0.2, -0.15) is 0 Å². The SMILES string of the molecule is [SiH3]C1=CCC=C1. The average Bonchev–Trinajstić information content (AvgIpc) is 1.86. The minimum atomic E-state index is 1.18. The Kier molecular flexibility index (Phi) is 0.924. The fourth-order valence-electron chi connectivity index (χ4n) is 0.576. The predicted molar refractivity (Wildman–Crippen MR) is 31.8 cm³/mol. The highest BCUT2D eigenvalue weighted by Crippen LogP contribution is 2.02. The van der Waals surface area contributed by atoms with E-state index in [-0.39, 0.29) is 0 Å². The van der Waals surface area contributed by atoms with E-state index in [4.69, 9.17) is 0 Å². The third kappa shape index (κ3) is 0.600. The molecular weight excluding hydrogens is 88.1 g/mol. The minimum Gasteiger partial charge on any atom is -0.0825 e. The Labute approximate surface area is 41.0 Å². The largest absolute Gasteiger partial charge is 0.0825 e. The minimum absolute atomic E-state index is 1.18. The summed E-state index contributed by atoms with van der Waals surface area (Å²) in [7, 11) is 1.23. The van der Waals surface area contributed by atoms with Crippen LogP contribution in [-0.2, 0) is 0 Å². The van der Waals surface area contributed by atoms with E-state index in [0.29, 0.717) is 0 Å². The van der Waals surface area contributed by atoms with Crippen molar-refractivity contribution in [2.45, 2.75) is 6.42 Å². The molecule has 1 rings (SSSR count). The Hall–Kier alpha value is -0.303. The summed E-state index contributed by atoms with van der Waals surface area (Å²) in [6.07, 6.45) is 7.85. The maximum atomic E-state index is 2.27. The highest BCUT2D eigenvalue weighted by atomic mass is 28.1. The first kappa shape index (κ1) is 3.87. The van der Waals surface area contributed by atoms with Crippen molar-refractivity contribution in [1.82, 2.24) is 0 Å². The first-order valence-corrected chi connectivity index (χ1v) is 3.23. The Morgan fingerprint density at radius 3 is 2.67 bits per heavy atom. The van der Waals surface area contributed by atoms with E-state index < -0.39 is 0 Å². The van der Waals surface area contributed by atoms with E-state index in [0.717, 1.165) is 0 Å². The van der Waals surface area contributed by atoms with E-state index in [2.05, 4.69) is 18.2 Å². The molecular formula is C5H8Si. The zero-order chi connectivity index (χ0) is 4.41. The lowest BCUT2D eigenvalue weighted by Gasteiger charge is -1.72. The molecule has 1 heteroatoms. The molecule has 0 aromatic heterocycles. The molecule has 6 heavy (non-hydrogen) atoms. The third-order valence-corrected chi connectivity index (χ3v) is 1.70. The average molecular weight is 96.2 g/mol. The van der Waals surface area contributed by atoms with Gasteiger partial charge in [0.05, 0.1) is 0 Å². The zero-order valence-corrected chi connectivity index (χ0v) is 5.94. The zero-order valence-electron chi connectivity index (χ0n) is 3.94. The number of allylic oxidation sites excluding steroid dienone is 4. The summed E-state index contributed by atoms with van der Waals surface area (Å²) in [5.41, 5.74) is 0. The molecule has 0 aromatic carbocycles. The van der Waals surface area contributed by atoms with Gasteiger partial charge in [0.25, 0.3) is 0 Å². The van der Waals surface area contributed by atoms with Crippen molar-refractivity contribution < 1.29 is 0 Å². The second kappa shape index (κ2) is 1.43. The van der Waals surface area contributed by atoms with Gasteiger partial charge in [-0.05, 0) is 6.42 Å². The Balaban J connectivity index is 2.68. The van der Waals surface area contributed by atoms with E-state index in [9.17, 15) is 0 Å². The van der Waals surface area contributed by atoms with Crippen LogP contribution in [0, 0.1) is 0 Å². The lowest BCUT2D eigenvalue weighted by molar-refractivity contribution is 1.45. The van der Waals surface area contributed by atoms with Crippen molar-refractivity contribution in [3.05, 3.63) is 23.4 Å². The van der Waals surface area contributed by atoms with Crippen LogP contribution >= 0.6 is 0 Å². The summed E-state index contributed by atoms with van der Waals surface area (Å²) in [4.78, 5) is 0. The van der Waals surface area contributed by atoms with E-state index in [1.807, 2.05) is 0 Å². The summed E-state index contributed by atoms with van der Waals surface area (Å²) in [6, 6.07) is 0. The first-order chi connectivity index (χ1) is 2.89. The van der Waals surface area contributed by atoms with Crippen LogP contribution in [0.5, 0.6) is 0 Å². The van der Waals surface area contributed by atoms with Crippen LogP contribution in [0.25, 0.3) is 0 Å². The molecule has 0 amide bonds. The molecule has 0 fully saturated rings. The predicted octanol–water partition coefficient (Wildman–Crippen LogP) is 0.196. The number of hydrogen-bond acceptors (Lipinski definition) is 0. The second-order valence-electron chi connectivity index (χ2n) is 1.59. The smallest absolute Gasteiger partial charge is 0.0380 e. The lowest BCUT2D eigenvalue weighted by atomic mass is 10.5. The van der Waals surface area contributed by atoms with Gasteiger partial charge in [-0.1, -0.05) is 23.4 Å². The maximum Gasteiger partial charge on any atom is 0.0380 e. The summed E-state index contributed by atoms with van der Waals surface area (Å²) in [6.45, 7) is 0. The fraction of sp³-hybridized carbons (Fsp3) is 0.200. The molecule has 1 aliphatic rings. The molecule has 0 aliphatic heterocycles. The topological polar surface area (TPSA) is 0 Å². The summed E-state index contributed by atoms with van der Waals surface area (Å²) < 4.78 is 0. The van der Waals surface area contributed by atoms with Crippen molar-refractivity contribution in [3.8, 4) is 0 Å². The van der Waals surface area contributed by atoms with Crippen LogP contribution in [0.3, 0.4) is 0 Å². The van der Waals surface area contributed by atoms with Gasteiger partial charge in [0, 0.05) is 10.2 Å². The molecule has 0 spiro atoms. The lowest BCUT2D eigenvalue weighted by Crippen LogP contribution is -1.63. The quantitative estimate of drug-likeness (QED) is 0.378. The molecule has 0 N–H and O–H groups in total. The van der Waals surface area contributed by atoms with Gasteiger partial charge in [-0.25, -0.2) is 0 Å². The Bertz CT molecular complexity index is 97.8. The van der Waals surface area contributed by atoms with E-state index in [1.54, 1.807) is 0 Å². The van der Waals surface area contributed by atoms with Gasteiger partial charge < -0.3 is 0 Å². The van der Waals surface area contributed by atoms with Crippen LogP contribution in [0.4, 0.5) is 0 Å².